The molecule has 0 bridgehead atoms. The number of halogens is 3. The highest BCUT2D eigenvalue weighted by Crippen LogP contribution is 2.32. The van der Waals surface area contributed by atoms with Gasteiger partial charge in [0.15, 0.2) is 0 Å². The van der Waals surface area contributed by atoms with E-state index in [-0.39, 0.29) is 6.42 Å². The average molecular weight is 553 g/mol. The number of benzene rings is 3. The number of anilines is 2. The number of hydrogen-bond acceptors (Lipinski definition) is 5. The summed E-state index contributed by atoms with van der Waals surface area (Å²) >= 11 is 0. The second-order valence-corrected chi connectivity index (χ2v) is 8.91. The molecule has 0 aromatic heterocycles. The zero-order valence-electron chi connectivity index (χ0n) is 21.5. The normalized spacial score (nSPS) is 15.5. The Morgan fingerprint density at radius 2 is 1.73 bits per heavy atom. The van der Waals surface area contributed by atoms with Gasteiger partial charge in [0, 0.05) is 36.5 Å². The van der Waals surface area contributed by atoms with Crippen LogP contribution < -0.4 is 15.4 Å². The Morgan fingerprint density at radius 3 is 2.38 bits per heavy atom. The van der Waals surface area contributed by atoms with Crippen LogP contribution in [-0.2, 0) is 26.9 Å². The molecule has 0 radical (unpaired) electrons. The van der Waals surface area contributed by atoms with Crippen LogP contribution in [0.1, 0.15) is 22.3 Å². The van der Waals surface area contributed by atoms with Crippen molar-refractivity contribution in [2.24, 2.45) is 0 Å². The molecule has 1 aliphatic rings. The number of rotatable bonds is 9. The lowest BCUT2D eigenvalue weighted by Gasteiger charge is -2.23. The summed E-state index contributed by atoms with van der Waals surface area (Å²) in [6.07, 6.45) is -1.21. The minimum atomic E-state index is -4.46. The standard InChI is InChI=1S/C30H27F3N2O5/c1-39-16-17-40-22-14-10-20(11-15-22)23(19-8-12-21(13-9-19)30(31,32)33)4-2-7-28(37)34-25-5-3-6-26-24(25)18-27(36)29(38)35-26/h2-15,27,36H,16-18H2,1H3,(H,34,37)(H,35,38)/b7-2+,23-4+. The second-order valence-electron chi connectivity index (χ2n) is 8.91. The smallest absolute Gasteiger partial charge is 0.416 e. The molecule has 0 aliphatic carbocycles. The van der Waals surface area contributed by atoms with Crippen molar-refractivity contribution >= 4 is 28.8 Å². The minimum absolute atomic E-state index is 0.0600. The van der Waals surface area contributed by atoms with Gasteiger partial charge in [-0.25, -0.2) is 0 Å². The number of hydrogen-bond donors (Lipinski definition) is 3. The maximum absolute atomic E-state index is 13.1. The zero-order valence-corrected chi connectivity index (χ0v) is 21.5. The van der Waals surface area contributed by atoms with Gasteiger partial charge < -0.3 is 25.2 Å². The topological polar surface area (TPSA) is 96.9 Å². The lowest BCUT2D eigenvalue weighted by atomic mass is 9.96. The molecular formula is C30H27F3N2O5. The summed E-state index contributed by atoms with van der Waals surface area (Å²) in [7, 11) is 1.57. The summed E-state index contributed by atoms with van der Waals surface area (Å²) in [5, 5.41) is 15.3. The van der Waals surface area contributed by atoms with Crippen LogP contribution in [0.15, 0.2) is 85.0 Å². The van der Waals surface area contributed by atoms with Crippen molar-refractivity contribution in [3.05, 3.63) is 107 Å². The molecule has 0 saturated carbocycles. The van der Waals surface area contributed by atoms with Crippen LogP contribution in [0.25, 0.3) is 5.57 Å². The van der Waals surface area contributed by atoms with Gasteiger partial charge in [0.2, 0.25) is 5.91 Å². The molecule has 2 amide bonds. The third kappa shape index (κ3) is 7.16. The number of alkyl halides is 3. The van der Waals surface area contributed by atoms with Crippen LogP contribution in [-0.4, -0.2) is 43.3 Å². The highest BCUT2D eigenvalue weighted by atomic mass is 19.4. The van der Waals surface area contributed by atoms with Crippen molar-refractivity contribution in [1.29, 1.82) is 0 Å². The van der Waals surface area contributed by atoms with E-state index in [4.69, 9.17) is 9.47 Å². The van der Waals surface area contributed by atoms with Gasteiger partial charge in [0.1, 0.15) is 18.5 Å². The van der Waals surface area contributed by atoms with Crippen LogP contribution in [0, 0.1) is 0 Å². The predicted molar refractivity (Wildman–Crippen MR) is 145 cm³/mol. The van der Waals surface area contributed by atoms with E-state index in [1.165, 1.54) is 24.3 Å². The van der Waals surface area contributed by atoms with Gasteiger partial charge in [0.25, 0.3) is 5.91 Å². The fourth-order valence-electron chi connectivity index (χ4n) is 4.12. The lowest BCUT2D eigenvalue weighted by molar-refractivity contribution is -0.137. The zero-order chi connectivity index (χ0) is 28.7. The second kappa shape index (κ2) is 12.6. The number of carbonyl (C=O) groups is 2. The highest BCUT2D eigenvalue weighted by molar-refractivity contribution is 6.03. The van der Waals surface area contributed by atoms with Gasteiger partial charge in [-0.3, -0.25) is 9.59 Å². The molecule has 3 aromatic carbocycles. The summed E-state index contributed by atoms with van der Waals surface area (Å²) in [5.74, 6) is -0.369. The van der Waals surface area contributed by atoms with Crippen molar-refractivity contribution in [2.45, 2.75) is 18.7 Å². The first kappa shape index (κ1) is 28.6. The Kier molecular flexibility index (Phi) is 9.03. The molecule has 0 fully saturated rings. The Hall–Kier alpha value is -4.41. The molecule has 4 rings (SSSR count). The van der Waals surface area contributed by atoms with E-state index in [2.05, 4.69) is 10.6 Å². The molecule has 7 nitrogen and oxygen atoms in total. The van der Waals surface area contributed by atoms with Crippen molar-refractivity contribution in [3.8, 4) is 5.75 Å². The van der Waals surface area contributed by atoms with Crippen molar-refractivity contribution in [1.82, 2.24) is 0 Å². The first-order valence-electron chi connectivity index (χ1n) is 12.4. The highest BCUT2D eigenvalue weighted by Gasteiger charge is 2.30. The van der Waals surface area contributed by atoms with Crippen LogP contribution >= 0.6 is 0 Å². The van der Waals surface area contributed by atoms with Gasteiger partial charge in [-0.15, -0.1) is 0 Å². The minimum Gasteiger partial charge on any atom is -0.491 e. The van der Waals surface area contributed by atoms with Crippen molar-refractivity contribution < 1.29 is 37.3 Å². The fraction of sp³-hybridized carbons (Fsp3) is 0.200. The molecule has 3 aromatic rings. The molecule has 1 aliphatic heterocycles. The van der Waals surface area contributed by atoms with Crippen LogP contribution in [0.2, 0.25) is 0 Å². The third-order valence-corrected chi connectivity index (χ3v) is 6.15. The van der Waals surface area contributed by atoms with Gasteiger partial charge in [-0.05, 0) is 53.1 Å². The number of fused-ring (bicyclic) bond motifs is 1. The van der Waals surface area contributed by atoms with E-state index < -0.39 is 29.7 Å². The van der Waals surface area contributed by atoms with Crippen LogP contribution in [0.3, 0.4) is 0 Å². The van der Waals surface area contributed by atoms with E-state index in [1.807, 2.05) is 0 Å². The molecule has 208 valence electrons. The molecule has 10 heteroatoms. The quantitative estimate of drug-likeness (QED) is 0.192. The van der Waals surface area contributed by atoms with E-state index in [9.17, 15) is 27.9 Å². The van der Waals surface area contributed by atoms with Crippen LogP contribution in [0.5, 0.6) is 5.75 Å². The monoisotopic (exact) mass is 552 g/mol. The maximum atomic E-state index is 13.1. The molecule has 40 heavy (non-hydrogen) atoms. The Morgan fingerprint density at radius 1 is 1.05 bits per heavy atom. The number of methoxy groups -OCH3 is 1. The molecule has 3 N–H and O–H groups in total. The number of amides is 2. The molecule has 1 heterocycles. The largest absolute Gasteiger partial charge is 0.491 e. The van der Waals surface area contributed by atoms with Crippen LogP contribution in [0.4, 0.5) is 24.5 Å². The average Bonchev–Trinajstić information content (AvgIpc) is 2.92. The first-order valence-corrected chi connectivity index (χ1v) is 12.4. The van der Waals surface area contributed by atoms with Gasteiger partial charge in [-0.1, -0.05) is 42.5 Å². The van der Waals surface area contributed by atoms with E-state index >= 15 is 0 Å². The lowest BCUT2D eigenvalue weighted by Crippen LogP contribution is -2.34. The summed E-state index contributed by atoms with van der Waals surface area (Å²) < 4.78 is 49.9. The Balaban J connectivity index is 1.57. The number of carbonyl (C=O) groups excluding carboxylic acids is 2. The maximum Gasteiger partial charge on any atom is 0.416 e. The van der Waals surface area contributed by atoms with Gasteiger partial charge >= 0.3 is 6.18 Å². The summed E-state index contributed by atoms with van der Waals surface area (Å²) in [6.45, 7) is 0.789. The summed E-state index contributed by atoms with van der Waals surface area (Å²) in [4.78, 5) is 24.4. The number of aliphatic hydroxyl groups is 1. The van der Waals surface area contributed by atoms with Crippen molar-refractivity contribution in [2.75, 3.05) is 31.0 Å². The Bertz CT molecular complexity index is 1410. The van der Waals surface area contributed by atoms with Gasteiger partial charge in [0.05, 0.1) is 12.2 Å². The predicted octanol–water partition coefficient (Wildman–Crippen LogP) is 5.21. The molecular weight excluding hydrogens is 525 g/mol. The molecule has 1 unspecified atom stereocenters. The van der Waals surface area contributed by atoms with Gasteiger partial charge in [-0.2, -0.15) is 13.2 Å². The van der Waals surface area contributed by atoms with E-state index in [0.717, 1.165) is 12.1 Å². The molecule has 1 atom stereocenters. The molecule has 0 saturated heterocycles. The fourth-order valence-corrected chi connectivity index (χ4v) is 4.12. The number of allylic oxidation sites excluding steroid dienone is 2. The number of aliphatic hydroxyl groups excluding tert-OH is 1. The third-order valence-electron chi connectivity index (χ3n) is 6.15. The van der Waals surface area contributed by atoms with E-state index in [1.54, 1.807) is 55.7 Å². The number of nitrogens with one attached hydrogen (secondary N) is 2. The SMILES string of the molecule is COCCOc1ccc(/C(=C/C=C/C(=O)Nc2cccc3c2CC(O)C(=O)N3)c2ccc(C(F)(F)F)cc2)cc1. The number of ether oxygens (including phenoxy) is 2. The summed E-state index contributed by atoms with van der Waals surface area (Å²) in [5.41, 5.74) is 2.60. The molecule has 0 spiro atoms. The Labute approximate surface area is 228 Å². The van der Waals surface area contributed by atoms with E-state index in [0.29, 0.717) is 52.6 Å². The summed E-state index contributed by atoms with van der Waals surface area (Å²) in [6, 6.07) is 16.8. The first-order chi connectivity index (χ1) is 19.2. The van der Waals surface area contributed by atoms with Crippen molar-refractivity contribution in [3.63, 3.8) is 0 Å².